The van der Waals surface area contributed by atoms with Crippen LogP contribution in [0.2, 0.25) is 0 Å². The molecule has 3 unspecified atom stereocenters. The fourth-order valence-electron chi connectivity index (χ4n) is 2.67. The third kappa shape index (κ3) is 5.84. The molecule has 0 aromatic carbocycles. The maximum absolute atomic E-state index is 5.69. The van der Waals surface area contributed by atoms with Crippen LogP contribution < -0.4 is 11.1 Å². The van der Waals surface area contributed by atoms with Gasteiger partial charge in [0.1, 0.15) is 0 Å². The average Bonchev–Trinajstić information content (AvgIpc) is 2.76. The van der Waals surface area contributed by atoms with E-state index in [2.05, 4.69) is 19.2 Å². The topological polar surface area (TPSA) is 47.3 Å². The zero-order chi connectivity index (χ0) is 12.5. The van der Waals surface area contributed by atoms with Crippen LogP contribution in [0.1, 0.15) is 46.0 Å². The Labute approximate surface area is 106 Å². The molecule has 17 heavy (non-hydrogen) atoms. The Balaban J connectivity index is 1.96. The second-order valence-electron chi connectivity index (χ2n) is 5.40. The number of ether oxygens (including phenoxy) is 1. The summed E-state index contributed by atoms with van der Waals surface area (Å²) in [5, 5.41) is 3.58. The van der Waals surface area contributed by atoms with Crippen LogP contribution >= 0.6 is 0 Å². The van der Waals surface area contributed by atoms with Crippen molar-refractivity contribution in [3.05, 3.63) is 0 Å². The Hall–Kier alpha value is -0.120. The minimum absolute atomic E-state index is 0.499. The van der Waals surface area contributed by atoms with Crippen molar-refractivity contribution in [3.63, 3.8) is 0 Å². The lowest BCUT2D eigenvalue weighted by molar-refractivity contribution is 0.0873. The molecular formula is C14H30N2O. The molecular weight excluding hydrogens is 212 g/mol. The molecule has 1 saturated heterocycles. The molecule has 0 amide bonds. The molecule has 1 aliphatic rings. The second kappa shape index (κ2) is 8.90. The average molecular weight is 242 g/mol. The van der Waals surface area contributed by atoms with Crippen molar-refractivity contribution in [2.45, 2.75) is 52.1 Å². The van der Waals surface area contributed by atoms with E-state index >= 15 is 0 Å². The summed E-state index contributed by atoms with van der Waals surface area (Å²) in [7, 11) is 0. The molecule has 3 nitrogen and oxygen atoms in total. The third-order valence-electron chi connectivity index (χ3n) is 3.87. The maximum Gasteiger partial charge on any atom is 0.0613 e. The van der Waals surface area contributed by atoms with Gasteiger partial charge in [0.25, 0.3) is 0 Å². The molecule has 3 heteroatoms. The molecule has 0 aromatic rings. The van der Waals surface area contributed by atoms with Gasteiger partial charge >= 0.3 is 0 Å². The molecule has 1 rings (SSSR count). The quantitative estimate of drug-likeness (QED) is 0.609. The molecule has 0 bridgehead atoms. The van der Waals surface area contributed by atoms with E-state index in [1.165, 1.54) is 19.3 Å². The highest BCUT2D eigenvalue weighted by atomic mass is 16.5. The van der Waals surface area contributed by atoms with Gasteiger partial charge in [0.05, 0.1) is 6.10 Å². The molecule has 0 saturated carbocycles. The van der Waals surface area contributed by atoms with Crippen LogP contribution in [-0.4, -0.2) is 32.3 Å². The fraction of sp³-hybridized carbons (Fsp3) is 1.00. The first-order chi connectivity index (χ1) is 8.27. The van der Waals surface area contributed by atoms with Crippen molar-refractivity contribution < 1.29 is 4.74 Å². The van der Waals surface area contributed by atoms with Gasteiger partial charge in [-0.2, -0.15) is 0 Å². The number of hydrogen-bond acceptors (Lipinski definition) is 3. The van der Waals surface area contributed by atoms with Crippen LogP contribution in [0.5, 0.6) is 0 Å². The highest BCUT2D eigenvalue weighted by molar-refractivity contribution is 4.76. The first-order valence-electron chi connectivity index (χ1n) is 7.30. The largest absolute Gasteiger partial charge is 0.378 e. The van der Waals surface area contributed by atoms with Gasteiger partial charge < -0.3 is 15.8 Å². The van der Waals surface area contributed by atoms with Gasteiger partial charge in [-0.05, 0) is 57.0 Å². The lowest BCUT2D eigenvalue weighted by atomic mass is 9.99. The second-order valence-corrected chi connectivity index (χ2v) is 5.40. The molecule has 1 fully saturated rings. The summed E-state index contributed by atoms with van der Waals surface area (Å²) in [6, 6.07) is 0. The molecule has 0 radical (unpaired) electrons. The number of rotatable bonds is 9. The van der Waals surface area contributed by atoms with Crippen molar-refractivity contribution in [3.8, 4) is 0 Å². The van der Waals surface area contributed by atoms with Gasteiger partial charge in [-0.3, -0.25) is 0 Å². The van der Waals surface area contributed by atoms with Crippen molar-refractivity contribution in [2.75, 3.05) is 26.2 Å². The molecule has 102 valence electrons. The minimum Gasteiger partial charge on any atom is -0.378 e. The predicted octanol–water partition coefficient (Wildman–Crippen LogP) is 2.16. The predicted molar refractivity (Wildman–Crippen MR) is 73.1 cm³/mol. The van der Waals surface area contributed by atoms with Crippen LogP contribution in [0, 0.1) is 11.8 Å². The summed E-state index contributed by atoms with van der Waals surface area (Å²) in [5.74, 6) is 1.52. The van der Waals surface area contributed by atoms with E-state index in [1.807, 2.05) is 0 Å². The molecule has 0 aliphatic carbocycles. The van der Waals surface area contributed by atoms with E-state index in [-0.39, 0.29) is 0 Å². The summed E-state index contributed by atoms with van der Waals surface area (Å²) in [5.41, 5.74) is 5.54. The van der Waals surface area contributed by atoms with Gasteiger partial charge in [0, 0.05) is 13.2 Å². The summed E-state index contributed by atoms with van der Waals surface area (Å²) in [6.45, 7) is 8.57. The van der Waals surface area contributed by atoms with Crippen molar-refractivity contribution >= 4 is 0 Å². The van der Waals surface area contributed by atoms with Crippen LogP contribution in [0.4, 0.5) is 0 Å². The van der Waals surface area contributed by atoms with Gasteiger partial charge in [0.2, 0.25) is 0 Å². The van der Waals surface area contributed by atoms with Crippen LogP contribution in [-0.2, 0) is 4.74 Å². The monoisotopic (exact) mass is 242 g/mol. The molecule has 1 aliphatic heterocycles. The zero-order valence-electron chi connectivity index (χ0n) is 11.6. The fourth-order valence-corrected chi connectivity index (χ4v) is 2.67. The van der Waals surface area contributed by atoms with E-state index in [9.17, 15) is 0 Å². The van der Waals surface area contributed by atoms with E-state index < -0.39 is 0 Å². The smallest absolute Gasteiger partial charge is 0.0613 e. The molecule has 3 atom stereocenters. The first kappa shape index (κ1) is 14.9. The van der Waals surface area contributed by atoms with E-state index in [0.29, 0.717) is 6.10 Å². The minimum atomic E-state index is 0.499. The molecule has 0 aromatic heterocycles. The summed E-state index contributed by atoms with van der Waals surface area (Å²) in [6.07, 6.45) is 6.61. The lowest BCUT2D eigenvalue weighted by Gasteiger charge is -2.17. The van der Waals surface area contributed by atoms with Crippen molar-refractivity contribution in [1.29, 1.82) is 0 Å². The highest BCUT2D eigenvalue weighted by Gasteiger charge is 2.25. The van der Waals surface area contributed by atoms with Crippen LogP contribution in [0.3, 0.4) is 0 Å². The van der Waals surface area contributed by atoms with Crippen molar-refractivity contribution in [1.82, 2.24) is 5.32 Å². The number of nitrogens with one attached hydrogen (secondary N) is 1. The summed E-state index contributed by atoms with van der Waals surface area (Å²) >= 11 is 0. The lowest BCUT2D eigenvalue weighted by Crippen LogP contribution is -2.29. The van der Waals surface area contributed by atoms with E-state index in [1.54, 1.807) is 0 Å². The van der Waals surface area contributed by atoms with Gasteiger partial charge in [-0.15, -0.1) is 0 Å². The van der Waals surface area contributed by atoms with Gasteiger partial charge in [-0.25, -0.2) is 0 Å². The first-order valence-corrected chi connectivity index (χ1v) is 7.30. The van der Waals surface area contributed by atoms with Crippen LogP contribution in [0.15, 0.2) is 0 Å². The van der Waals surface area contributed by atoms with Crippen molar-refractivity contribution in [2.24, 2.45) is 17.6 Å². The molecule has 1 heterocycles. The number of hydrogen-bond donors (Lipinski definition) is 2. The van der Waals surface area contributed by atoms with E-state index in [4.69, 9.17) is 10.5 Å². The summed E-state index contributed by atoms with van der Waals surface area (Å²) < 4.78 is 5.69. The van der Waals surface area contributed by atoms with Crippen LogP contribution in [0.25, 0.3) is 0 Å². The normalized spacial score (nSPS) is 26.3. The summed E-state index contributed by atoms with van der Waals surface area (Å²) in [4.78, 5) is 0. The van der Waals surface area contributed by atoms with Gasteiger partial charge in [0.15, 0.2) is 0 Å². The van der Waals surface area contributed by atoms with E-state index in [0.717, 1.165) is 50.9 Å². The Bertz CT molecular complexity index is 187. The molecule has 3 N–H and O–H groups in total. The van der Waals surface area contributed by atoms with Gasteiger partial charge in [-0.1, -0.05) is 13.8 Å². The SMILES string of the molecule is CCC1OCCC1CNCCCC(C)CCN. The molecule has 0 spiro atoms. The zero-order valence-corrected chi connectivity index (χ0v) is 11.6. The Morgan fingerprint density at radius 1 is 1.41 bits per heavy atom. The highest BCUT2D eigenvalue weighted by Crippen LogP contribution is 2.22. The number of nitrogens with two attached hydrogens (primary N) is 1. The standard InChI is InChI=1S/C14H30N2O/c1-3-14-13(7-10-17-14)11-16-9-4-5-12(2)6-8-15/h12-14,16H,3-11,15H2,1-2H3. The third-order valence-corrected chi connectivity index (χ3v) is 3.87. The Morgan fingerprint density at radius 3 is 2.94 bits per heavy atom. The Kier molecular flexibility index (Phi) is 7.82. The Morgan fingerprint density at radius 2 is 2.24 bits per heavy atom. The maximum atomic E-state index is 5.69.